The van der Waals surface area contributed by atoms with E-state index in [1.165, 1.54) is 18.2 Å². The molecule has 0 aromatic heterocycles. The van der Waals surface area contributed by atoms with E-state index in [-0.39, 0.29) is 6.61 Å². The fourth-order valence-electron chi connectivity index (χ4n) is 1.08. The van der Waals surface area contributed by atoms with Gasteiger partial charge in [-0.05, 0) is 16.7 Å². The summed E-state index contributed by atoms with van der Waals surface area (Å²) in [5, 5.41) is 8.73. The second-order valence-corrected chi connectivity index (χ2v) is 2.58. The Hall–Kier alpha value is -0.960. The van der Waals surface area contributed by atoms with Crippen molar-refractivity contribution in [2.45, 2.75) is 20.0 Å². The highest BCUT2D eigenvalue weighted by Crippen LogP contribution is 2.12. The maximum atomic E-state index is 12.2. The van der Waals surface area contributed by atoms with Gasteiger partial charge in [0.2, 0.25) is 0 Å². The van der Waals surface area contributed by atoms with Crippen molar-refractivity contribution in [2.24, 2.45) is 0 Å². The van der Waals surface area contributed by atoms with Crippen LogP contribution in [0.15, 0.2) is 18.2 Å². The zero-order chi connectivity index (χ0) is 8.97. The maximum Gasteiger partial charge on any atom is 0.115 e. The van der Waals surface area contributed by atoms with Crippen LogP contribution < -0.4 is 0 Å². The topological polar surface area (TPSA) is 20.2 Å². The van der Waals surface area contributed by atoms with Crippen LogP contribution in [0.1, 0.15) is 16.7 Å². The van der Waals surface area contributed by atoms with Crippen molar-refractivity contribution >= 4 is 0 Å². The maximum absolute atomic E-state index is 12.2. The van der Waals surface area contributed by atoms with Gasteiger partial charge in [0.1, 0.15) is 13.3 Å². The number of halogens is 2. The summed E-state index contributed by atoms with van der Waals surface area (Å²) in [4.78, 5) is 0. The third-order valence-corrected chi connectivity index (χ3v) is 1.60. The number of aliphatic hydroxyl groups excluding tert-OH is 1. The van der Waals surface area contributed by atoms with Crippen molar-refractivity contribution in [1.82, 2.24) is 0 Å². The first-order valence-corrected chi connectivity index (χ1v) is 3.64. The number of hydrogen-bond acceptors (Lipinski definition) is 1. The van der Waals surface area contributed by atoms with Gasteiger partial charge < -0.3 is 5.11 Å². The van der Waals surface area contributed by atoms with Crippen LogP contribution in [0.5, 0.6) is 0 Å². The summed E-state index contributed by atoms with van der Waals surface area (Å²) >= 11 is 0. The Morgan fingerprint density at radius 1 is 0.917 bits per heavy atom. The Bertz CT molecular complexity index is 205. The summed E-state index contributed by atoms with van der Waals surface area (Å²) in [7, 11) is 0. The minimum atomic E-state index is -0.624. The van der Waals surface area contributed by atoms with Crippen molar-refractivity contribution in [1.29, 1.82) is 0 Å². The fourth-order valence-corrected chi connectivity index (χ4v) is 1.08. The summed E-state index contributed by atoms with van der Waals surface area (Å²) in [6.07, 6.45) is 0. The molecule has 1 nitrogen and oxygen atoms in total. The minimum Gasteiger partial charge on any atom is -0.392 e. The molecule has 0 radical (unpaired) electrons. The quantitative estimate of drug-likeness (QED) is 0.740. The van der Waals surface area contributed by atoms with Crippen LogP contribution >= 0.6 is 0 Å². The first-order chi connectivity index (χ1) is 5.80. The van der Waals surface area contributed by atoms with Gasteiger partial charge in [0.05, 0.1) is 6.61 Å². The summed E-state index contributed by atoms with van der Waals surface area (Å²) in [5.74, 6) is 0. The first kappa shape index (κ1) is 9.13. The van der Waals surface area contributed by atoms with E-state index >= 15 is 0 Å². The molecule has 1 N–H and O–H groups in total. The minimum absolute atomic E-state index is 0.180. The van der Waals surface area contributed by atoms with E-state index in [1.54, 1.807) is 0 Å². The Labute approximate surface area is 69.7 Å². The van der Waals surface area contributed by atoms with Gasteiger partial charge in [-0.3, -0.25) is 0 Å². The van der Waals surface area contributed by atoms with Crippen LogP contribution in [0, 0.1) is 0 Å². The number of hydrogen-bond donors (Lipinski definition) is 1. The average molecular weight is 172 g/mol. The van der Waals surface area contributed by atoms with Crippen LogP contribution in [0.3, 0.4) is 0 Å². The molecule has 0 aliphatic carbocycles. The zero-order valence-corrected chi connectivity index (χ0v) is 6.56. The Morgan fingerprint density at radius 2 is 1.33 bits per heavy atom. The Morgan fingerprint density at radius 3 is 1.67 bits per heavy atom. The molecular weight excluding hydrogens is 162 g/mol. The molecule has 3 heteroatoms. The Balaban J connectivity index is 3.01. The van der Waals surface area contributed by atoms with Crippen LogP contribution in [-0.4, -0.2) is 5.11 Å². The van der Waals surface area contributed by atoms with Gasteiger partial charge in [-0.1, -0.05) is 18.2 Å². The van der Waals surface area contributed by atoms with E-state index in [0.29, 0.717) is 16.7 Å². The van der Waals surface area contributed by atoms with Gasteiger partial charge in [0, 0.05) is 0 Å². The van der Waals surface area contributed by atoms with E-state index in [9.17, 15) is 8.78 Å². The number of rotatable bonds is 3. The molecule has 0 aliphatic rings. The van der Waals surface area contributed by atoms with Crippen LogP contribution in [-0.2, 0) is 20.0 Å². The van der Waals surface area contributed by atoms with Crippen molar-refractivity contribution in [2.75, 3.05) is 0 Å². The molecule has 0 aliphatic heterocycles. The molecule has 0 saturated carbocycles. The van der Waals surface area contributed by atoms with E-state index in [1.807, 2.05) is 0 Å². The van der Waals surface area contributed by atoms with Crippen LogP contribution in [0.2, 0.25) is 0 Å². The van der Waals surface area contributed by atoms with Crippen molar-refractivity contribution in [3.63, 3.8) is 0 Å². The molecule has 0 amide bonds. The monoisotopic (exact) mass is 172 g/mol. The average Bonchev–Trinajstić information content (AvgIpc) is 2.16. The van der Waals surface area contributed by atoms with Gasteiger partial charge in [-0.15, -0.1) is 0 Å². The largest absolute Gasteiger partial charge is 0.392 e. The van der Waals surface area contributed by atoms with E-state index in [0.717, 1.165) is 0 Å². The second kappa shape index (κ2) is 4.16. The molecule has 12 heavy (non-hydrogen) atoms. The van der Waals surface area contributed by atoms with Gasteiger partial charge in [-0.2, -0.15) is 0 Å². The lowest BCUT2D eigenvalue weighted by molar-refractivity contribution is 0.281. The summed E-state index contributed by atoms with van der Waals surface area (Å²) < 4.78 is 24.3. The number of alkyl halides is 2. The highest BCUT2D eigenvalue weighted by atomic mass is 19.1. The molecule has 0 spiro atoms. The lowest BCUT2D eigenvalue weighted by Crippen LogP contribution is -1.90. The highest BCUT2D eigenvalue weighted by Gasteiger charge is 1.99. The van der Waals surface area contributed by atoms with Crippen LogP contribution in [0.25, 0.3) is 0 Å². The molecule has 0 heterocycles. The molecule has 0 saturated heterocycles. The lowest BCUT2D eigenvalue weighted by Gasteiger charge is -2.02. The summed E-state index contributed by atoms with van der Waals surface area (Å²) in [6.45, 7) is -1.43. The van der Waals surface area contributed by atoms with Gasteiger partial charge >= 0.3 is 0 Å². The van der Waals surface area contributed by atoms with Gasteiger partial charge in [-0.25, -0.2) is 8.78 Å². The molecule has 1 rings (SSSR count). The van der Waals surface area contributed by atoms with Crippen molar-refractivity contribution < 1.29 is 13.9 Å². The van der Waals surface area contributed by atoms with Crippen molar-refractivity contribution in [3.8, 4) is 0 Å². The normalized spacial score (nSPS) is 10.2. The van der Waals surface area contributed by atoms with E-state index in [4.69, 9.17) is 5.11 Å². The number of benzene rings is 1. The van der Waals surface area contributed by atoms with Crippen LogP contribution in [0.4, 0.5) is 8.78 Å². The van der Waals surface area contributed by atoms with Gasteiger partial charge in [0.25, 0.3) is 0 Å². The number of aliphatic hydroxyl groups is 1. The first-order valence-electron chi connectivity index (χ1n) is 3.64. The SMILES string of the molecule is OCc1cc(CF)cc(CF)c1. The smallest absolute Gasteiger partial charge is 0.115 e. The molecule has 1 aromatic carbocycles. The van der Waals surface area contributed by atoms with E-state index < -0.39 is 13.3 Å². The zero-order valence-electron chi connectivity index (χ0n) is 6.56. The summed E-state index contributed by atoms with van der Waals surface area (Å²) in [6, 6.07) is 4.51. The predicted octanol–water partition coefficient (Wildman–Crippen LogP) is 2.12. The standard InChI is InChI=1S/C9H10F2O/c10-4-7-1-8(5-11)3-9(2-7)6-12/h1-3,12H,4-6H2. The summed E-state index contributed by atoms with van der Waals surface area (Å²) in [5.41, 5.74) is 1.38. The second-order valence-electron chi connectivity index (χ2n) is 2.58. The predicted molar refractivity (Wildman–Crippen MR) is 42.0 cm³/mol. The van der Waals surface area contributed by atoms with E-state index in [2.05, 4.69) is 0 Å². The lowest BCUT2D eigenvalue weighted by atomic mass is 10.1. The molecule has 0 atom stereocenters. The molecule has 0 bridgehead atoms. The Kier molecular flexibility index (Phi) is 3.17. The van der Waals surface area contributed by atoms with Gasteiger partial charge in [0.15, 0.2) is 0 Å². The molecular formula is C9H10F2O. The molecule has 0 fully saturated rings. The third kappa shape index (κ3) is 2.01. The van der Waals surface area contributed by atoms with Crippen molar-refractivity contribution in [3.05, 3.63) is 34.9 Å². The molecule has 0 unspecified atom stereocenters. The highest BCUT2D eigenvalue weighted by molar-refractivity contribution is 5.29. The molecule has 66 valence electrons. The fraction of sp³-hybridized carbons (Fsp3) is 0.333. The molecule has 1 aromatic rings. The third-order valence-electron chi connectivity index (χ3n) is 1.60.